The smallest absolute Gasteiger partial charge is 0.426 e. The lowest BCUT2D eigenvalue weighted by molar-refractivity contribution is -0.360. The van der Waals surface area contributed by atoms with Crippen LogP contribution in [0.2, 0.25) is 0 Å². The molecule has 2 nitrogen and oxygen atoms in total. The molecule has 1 aromatic rings. The standard InChI is InChI=1S/C14H13F5O2S/c1-10(20)22-9-3-2-4-11-5-7-12(8-6-11)21-14(18,19)13(15,16)17/h2,4-8H,3,9H2,1H3. The van der Waals surface area contributed by atoms with Gasteiger partial charge >= 0.3 is 12.3 Å². The van der Waals surface area contributed by atoms with Gasteiger partial charge in [0, 0.05) is 12.7 Å². The minimum absolute atomic E-state index is 0.0143. The van der Waals surface area contributed by atoms with E-state index in [9.17, 15) is 26.7 Å². The van der Waals surface area contributed by atoms with Crippen molar-refractivity contribution in [3.05, 3.63) is 35.9 Å². The predicted molar refractivity (Wildman–Crippen MR) is 74.9 cm³/mol. The SMILES string of the molecule is CC(=O)SCCC=Cc1ccc(OC(F)(F)C(F)(F)F)cc1. The Balaban J connectivity index is 2.56. The molecule has 0 aliphatic heterocycles. The number of thioether (sulfide) groups is 1. The number of carbonyl (C=O) groups excluding carboxylic acids is 1. The van der Waals surface area contributed by atoms with E-state index in [1.807, 2.05) is 0 Å². The highest BCUT2D eigenvalue weighted by atomic mass is 32.2. The van der Waals surface area contributed by atoms with Crippen LogP contribution in [0.5, 0.6) is 5.75 Å². The van der Waals surface area contributed by atoms with Crippen LogP contribution in [-0.4, -0.2) is 23.2 Å². The molecule has 0 amide bonds. The molecule has 0 radical (unpaired) electrons. The molecule has 0 fully saturated rings. The van der Waals surface area contributed by atoms with Gasteiger partial charge in [-0.1, -0.05) is 36.0 Å². The monoisotopic (exact) mass is 340 g/mol. The molecule has 1 aromatic carbocycles. The predicted octanol–water partition coefficient (Wildman–Crippen LogP) is 4.90. The van der Waals surface area contributed by atoms with Crippen molar-refractivity contribution in [1.82, 2.24) is 0 Å². The molecule has 0 unspecified atom stereocenters. The van der Waals surface area contributed by atoms with Crippen LogP contribution in [0.3, 0.4) is 0 Å². The van der Waals surface area contributed by atoms with Crippen LogP contribution >= 0.6 is 11.8 Å². The van der Waals surface area contributed by atoms with Gasteiger partial charge in [0.1, 0.15) is 5.75 Å². The lowest BCUT2D eigenvalue weighted by atomic mass is 10.2. The molecule has 0 bridgehead atoms. The van der Waals surface area contributed by atoms with E-state index in [1.165, 1.54) is 30.8 Å². The number of alkyl halides is 5. The Kier molecular flexibility index (Phi) is 6.40. The van der Waals surface area contributed by atoms with Crippen LogP contribution < -0.4 is 4.74 Å². The van der Waals surface area contributed by atoms with E-state index in [1.54, 1.807) is 12.2 Å². The molecule has 0 aliphatic rings. The van der Waals surface area contributed by atoms with Gasteiger partial charge in [-0.05, 0) is 24.1 Å². The zero-order valence-corrected chi connectivity index (χ0v) is 12.3. The molecule has 0 spiro atoms. The maximum Gasteiger partial charge on any atom is 0.499 e. The van der Waals surface area contributed by atoms with Gasteiger partial charge in [-0.15, -0.1) is 0 Å². The number of benzene rings is 1. The molecule has 0 saturated heterocycles. The third kappa shape index (κ3) is 6.05. The van der Waals surface area contributed by atoms with Crippen molar-refractivity contribution >= 4 is 23.0 Å². The summed E-state index contributed by atoms with van der Waals surface area (Å²) in [6.07, 6.45) is -6.91. The summed E-state index contributed by atoms with van der Waals surface area (Å²) in [5, 5.41) is 0.0143. The Morgan fingerprint density at radius 1 is 1.18 bits per heavy atom. The molecule has 22 heavy (non-hydrogen) atoms. The Morgan fingerprint density at radius 2 is 1.77 bits per heavy atom. The fourth-order valence-corrected chi connectivity index (χ4v) is 1.88. The van der Waals surface area contributed by atoms with Crippen molar-refractivity contribution in [2.45, 2.75) is 25.6 Å². The molecule has 8 heteroatoms. The van der Waals surface area contributed by atoms with E-state index in [0.717, 1.165) is 12.1 Å². The minimum Gasteiger partial charge on any atom is -0.426 e. The summed E-state index contributed by atoms with van der Waals surface area (Å²) in [6.45, 7) is 1.46. The van der Waals surface area contributed by atoms with Gasteiger partial charge in [-0.25, -0.2) is 0 Å². The van der Waals surface area contributed by atoms with Crippen LogP contribution in [0, 0.1) is 0 Å². The fraction of sp³-hybridized carbons (Fsp3) is 0.357. The van der Waals surface area contributed by atoms with E-state index in [2.05, 4.69) is 4.74 Å². The second-order valence-electron chi connectivity index (χ2n) is 4.22. The molecule has 0 aliphatic carbocycles. The number of rotatable bonds is 6. The van der Waals surface area contributed by atoms with Gasteiger partial charge in [-0.2, -0.15) is 22.0 Å². The molecule has 0 heterocycles. The summed E-state index contributed by atoms with van der Waals surface area (Å²) in [7, 11) is 0. The van der Waals surface area contributed by atoms with E-state index < -0.39 is 18.0 Å². The minimum atomic E-state index is -5.76. The van der Waals surface area contributed by atoms with Gasteiger partial charge in [-0.3, -0.25) is 4.79 Å². The Morgan fingerprint density at radius 3 is 2.27 bits per heavy atom. The van der Waals surface area contributed by atoms with Gasteiger partial charge in [0.05, 0.1) is 0 Å². The molecule has 0 saturated carbocycles. The molecule has 0 atom stereocenters. The van der Waals surface area contributed by atoms with E-state index in [-0.39, 0.29) is 5.12 Å². The zero-order valence-electron chi connectivity index (χ0n) is 11.5. The van der Waals surface area contributed by atoms with E-state index in [0.29, 0.717) is 17.7 Å². The Hall–Kier alpha value is -1.57. The number of carbonyl (C=O) groups is 1. The van der Waals surface area contributed by atoms with Crippen molar-refractivity contribution in [3.8, 4) is 5.75 Å². The highest BCUT2D eigenvalue weighted by Gasteiger charge is 2.61. The number of hydrogen-bond acceptors (Lipinski definition) is 3. The number of halogens is 5. The van der Waals surface area contributed by atoms with Crippen LogP contribution in [0.1, 0.15) is 18.9 Å². The first-order chi connectivity index (χ1) is 10.1. The Bertz CT molecular complexity index is 523. The molecular formula is C14H13F5O2S. The van der Waals surface area contributed by atoms with Crippen molar-refractivity contribution in [1.29, 1.82) is 0 Å². The molecule has 0 N–H and O–H groups in total. The van der Waals surface area contributed by atoms with Gasteiger partial charge in [0.25, 0.3) is 0 Å². The Labute approximate surface area is 128 Å². The highest BCUT2D eigenvalue weighted by Crippen LogP contribution is 2.37. The second kappa shape index (κ2) is 7.62. The number of hydrogen-bond donors (Lipinski definition) is 0. The van der Waals surface area contributed by atoms with Crippen LogP contribution in [0.4, 0.5) is 22.0 Å². The second-order valence-corrected chi connectivity index (χ2v) is 5.49. The lowest BCUT2D eigenvalue weighted by Crippen LogP contribution is -2.41. The van der Waals surface area contributed by atoms with Gasteiger partial charge < -0.3 is 4.74 Å². The van der Waals surface area contributed by atoms with E-state index in [4.69, 9.17) is 0 Å². The first-order valence-corrected chi connectivity index (χ1v) is 7.14. The molecule has 0 aromatic heterocycles. The third-order valence-corrected chi connectivity index (χ3v) is 3.20. The maximum absolute atomic E-state index is 12.7. The summed E-state index contributed by atoms with van der Waals surface area (Å²) in [6, 6.07) is 4.78. The molecular weight excluding hydrogens is 327 g/mol. The lowest BCUT2D eigenvalue weighted by Gasteiger charge is -2.20. The van der Waals surface area contributed by atoms with Crippen molar-refractivity contribution < 1.29 is 31.5 Å². The van der Waals surface area contributed by atoms with Gasteiger partial charge in [0.15, 0.2) is 5.12 Å². The topological polar surface area (TPSA) is 26.3 Å². The number of ether oxygens (including phenoxy) is 1. The van der Waals surface area contributed by atoms with Crippen molar-refractivity contribution in [2.75, 3.05) is 5.75 Å². The zero-order chi connectivity index (χ0) is 16.8. The van der Waals surface area contributed by atoms with Crippen LogP contribution in [0.15, 0.2) is 30.3 Å². The number of allylic oxidation sites excluding steroid dienone is 1. The average molecular weight is 340 g/mol. The average Bonchev–Trinajstić information content (AvgIpc) is 2.38. The fourth-order valence-electron chi connectivity index (χ4n) is 1.34. The highest BCUT2D eigenvalue weighted by molar-refractivity contribution is 8.13. The molecule has 122 valence electrons. The summed E-state index contributed by atoms with van der Waals surface area (Å²) < 4.78 is 65.0. The summed E-state index contributed by atoms with van der Waals surface area (Å²) in [5.41, 5.74) is 0.621. The normalized spacial score (nSPS) is 12.6. The van der Waals surface area contributed by atoms with Crippen molar-refractivity contribution in [3.63, 3.8) is 0 Å². The maximum atomic E-state index is 12.7. The summed E-state index contributed by atoms with van der Waals surface area (Å²) >= 11 is 1.18. The largest absolute Gasteiger partial charge is 0.499 e. The first-order valence-electron chi connectivity index (χ1n) is 6.15. The quantitative estimate of drug-likeness (QED) is 0.544. The van der Waals surface area contributed by atoms with E-state index >= 15 is 0 Å². The first kappa shape index (κ1) is 18.5. The van der Waals surface area contributed by atoms with Crippen molar-refractivity contribution in [2.24, 2.45) is 0 Å². The van der Waals surface area contributed by atoms with Crippen LogP contribution in [-0.2, 0) is 4.79 Å². The van der Waals surface area contributed by atoms with Crippen LogP contribution in [0.25, 0.3) is 6.08 Å². The van der Waals surface area contributed by atoms with Gasteiger partial charge in [0.2, 0.25) is 0 Å². The summed E-state index contributed by atoms with van der Waals surface area (Å²) in [4.78, 5) is 10.7. The summed E-state index contributed by atoms with van der Waals surface area (Å²) in [5.74, 6) is 0.0387. The molecule has 1 rings (SSSR count). The third-order valence-electron chi connectivity index (χ3n) is 2.36.